The molecule has 0 aliphatic carbocycles. The van der Waals surface area contributed by atoms with Crippen molar-refractivity contribution in [2.24, 2.45) is 0 Å². The minimum absolute atomic E-state index is 0.462. The first-order valence-electron chi connectivity index (χ1n) is 5.33. The minimum Gasteiger partial charge on any atom is -0.289 e. The van der Waals surface area contributed by atoms with Gasteiger partial charge in [0, 0.05) is 6.54 Å². The van der Waals surface area contributed by atoms with E-state index in [2.05, 4.69) is 42.5 Å². The number of fused-ring (bicyclic) bond motifs is 1. The van der Waals surface area contributed by atoms with Crippen molar-refractivity contribution in [3.8, 4) is 6.07 Å². The fourth-order valence-corrected chi connectivity index (χ4v) is 1.90. The van der Waals surface area contributed by atoms with Gasteiger partial charge in [0.25, 0.3) is 0 Å². The molecule has 0 aliphatic heterocycles. The summed E-state index contributed by atoms with van der Waals surface area (Å²) in [5, 5.41) is 11.2. The number of hydrogen-bond donors (Lipinski definition) is 0. The van der Waals surface area contributed by atoms with Crippen LogP contribution >= 0.6 is 0 Å². The Morgan fingerprint density at radius 1 is 1.12 bits per heavy atom. The van der Waals surface area contributed by atoms with Gasteiger partial charge in [-0.15, -0.1) is 0 Å². The zero-order valence-electron chi connectivity index (χ0n) is 9.35. The third-order valence-electron chi connectivity index (χ3n) is 2.66. The molecule has 80 valence electrons. The van der Waals surface area contributed by atoms with Crippen molar-refractivity contribution in [1.29, 1.82) is 5.26 Å². The molecule has 0 atom stereocenters. The van der Waals surface area contributed by atoms with E-state index in [9.17, 15) is 0 Å². The summed E-state index contributed by atoms with van der Waals surface area (Å²) in [5.74, 6) is 0. The van der Waals surface area contributed by atoms with Gasteiger partial charge in [-0.25, -0.2) is 0 Å². The van der Waals surface area contributed by atoms with Crippen molar-refractivity contribution in [3.63, 3.8) is 0 Å². The van der Waals surface area contributed by atoms with Gasteiger partial charge in [-0.2, -0.15) is 5.26 Å². The summed E-state index contributed by atoms with van der Waals surface area (Å²) in [6, 6.07) is 16.8. The van der Waals surface area contributed by atoms with Crippen molar-refractivity contribution in [1.82, 2.24) is 4.90 Å². The average molecular weight is 210 g/mol. The predicted molar refractivity (Wildman–Crippen MR) is 65.9 cm³/mol. The number of rotatable bonds is 3. The van der Waals surface area contributed by atoms with Crippen LogP contribution in [0.15, 0.2) is 42.5 Å². The van der Waals surface area contributed by atoms with Gasteiger partial charge < -0.3 is 0 Å². The van der Waals surface area contributed by atoms with Crippen molar-refractivity contribution in [2.75, 3.05) is 13.6 Å². The van der Waals surface area contributed by atoms with Gasteiger partial charge in [0.05, 0.1) is 12.6 Å². The molecule has 2 rings (SSSR count). The van der Waals surface area contributed by atoms with E-state index in [1.165, 1.54) is 16.3 Å². The Bertz CT molecular complexity index is 520. The van der Waals surface area contributed by atoms with Crippen LogP contribution in [0.5, 0.6) is 0 Å². The number of nitrogens with zero attached hydrogens (tertiary/aromatic N) is 2. The molecule has 2 aromatic rings. The van der Waals surface area contributed by atoms with Gasteiger partial charge in [-0.1, -0.05) is 42.5 Å². The van der Waals surface area contributed by atoms with Crippen LogP contribution in [0.25, 0.3) is 10.8 Å². The standard InChI is InChI=1S/C14H14N2/c1-16(10-9-15)11-13-7-4-6-12-5-2-3-8-14(12)13/h2-8H,10-11H2,1H3. The molecule has 0 N–H and O–H groups in total. The summed E-state index contributed by atoms with van der Waals surface area (Å²) in [6.45, 7) is 1.28. The lowest BCUT2D eigenvalue weighted by Gasteiger charge is -2.14. The first kappa shape index (κ1) is 10.7. The molecule has 0 radical (unpaired) electrons. The summed E-state index contributed by atoms with van der Waals surface area (Å²) in [4.78, 5) is 2.02. The molecule has 2 nitrogen and oxygen atoms in total. The van der Waals surface area contributed by atoms with Crippen LogP contribution in [0.2, 0.25) is 0 Å². The maximum atomic E-state index is 8.64. The smallest absolute Gasteiger partial charge is 0.0866 e. The van der Waals surface area contributed by atoms with Crippen molar-refractivity contribution in [2.45, 2.75) is 6.54 Å². The molecular formula is C14H14N2. The fourth-order valence-electron chi connectivity index (χ4n) is 1.90. The highest BCUT2D eigenvalue weighted by molar-refractivity contribution is 5.85. The van der Waals surface area contributed by atoms with Gasteiger partial charge in [-0.3, -0.25) is 4.90 Å². The zero-order valence-corrected chi connectivity index (χ0v) is 9.35. The second-order valence-electron chi connectivity index (χ2n) is 3.97. The molecule has 0 bridgehead atoms. The third kappa shape index (κ3) is 2.21. The molecule has 0 heterocycles. The van der Waals surface area contributed by atoms with Crippen LogP contribution in [0.4, 0.5) is 0 Å². The topological polar surface area (TPSA) is 27.0 Å². The minimum atomic E-state index is 0.462. The normalized spacial score (nSPS) is 10.6. The lowest BCUT2D eigenvalue weighted by molar-refractivity contribution is 0.369. The molecule has 0 unspecified atom stereocenters. The maximum absolute atomic E-state index is 8.64. The Morgan fingerprint density at radius 3 is 2.69 bits per heavy atom. The van der Waals surface area contributed by atoms with Crippen molar-refractivity contribution < 1.29 is 0 Å². The number of hydrogen-bond acceptors (Lipinski definition) is 2. The third-order valence-corrected chi connectivity index (χ3v) is 2.66. The highest BCUT2D eigenvalue weighted by atomic mass is 15.1. The monoisotopic (exact) mass is 210 g/mol. The molecule has 2 heteroatoms. The van der Waals surface area contributed by atoms with Crippen LogP contribution in [-0.2, 0) is 6.54 Å². The van der Waals surface area contributed by atoms with Crippen LogP contribution in [0.3, 0.4) is 0 Å². The Hall–Kier alpha value is -1.85. The molecule has 0 aromatic heterocycles. The van der Waals surface area contributed by atoms with E-state index in [4.69, 9.17) is 5.26 Å². The molecule has 16 heavy (non-hydrogen) atoms. The van der Waals surface area contributed by atoms with Gasteiger partial charge in [0.1, 0.15) is 0 Å². The maximum Gasteiger partial charge on any atom is 0.0866 e. The molecule has 2 aromatic carbocycles. The van der Waals surface area contributed by atoms with E-state index < -0.39 is 0 Å². The Morgan fingerprint density at radius 2 is 1.88 bits per heavy atom. The molecule has 0 amide bonds. The van der Waals surface area contributed by atoms with E-state index in [1.807, 2.05) is 18.0 Å². The fraction of sp³-hybridized carbons (Fsp3) is 0.214. The molecule has 0 spiro atoms. The van der Waals surface area contributed by atoms with E-state index in [0.717, 1.165) is 6.54 Å². The molecular weight excluding hydrogens is 196 g/mol. The number of nitriles is 1. The highest BCUT2D eigenvalue weighted by Crippen LogP contribution is 2.19. The van der Waals surface area contributed by atoms with Crippen LogP contribution in [-0.4, -0.2) is 18.5 Å². The Balaban J connectivity index is 2.34. The molecule has 0 saturated carbocycles. The van der Waals surface area contributed by atoms with Gasteiger partial charge in [0.2, 0.25) is 0 Å². The quantitative estimate of drug-likeness (QED) is 0.728. The lowest BCUT2D eigenvalue weighted by Crippen LogP contribution is -2.17. The summed E-state index contributed by atoms with van der Waals surface area (Å²) in [5.41, 5.74) is 1.27. The molecule has 0 aliphatic rings. The first-order chi connectivity index (χ1) is 7.81. The number of benzene rings is 2. The van der Waals surface area contributed by atoms with Crippen molar-refractivity contribution in [3.05, 3.63) is 48.0 Å². The van der Waals surface area contributed by atoms with E-state index in [1.54, 1.807) is 0 Å². The second kappa shape index (κ2) is 4.78. The Labute approximate surface area is 95.7 Å². The summed E-state index contributed by atoms with van der Waals surface area (Å²) in [6.07, 6.45) is 0. The Kier molecular flexibility index (Phi) is 3.19. The lowest BCUT2D eigenvalue weighted by atomic mass is 10.0. The van der Waals surface area contributed by atoms with E-state index >= 15 is 0 Å². The summed E-state index contributed by atoms with van der Waals surface area (Å²) >= 11 is 0. The second-order valence-corrected chi connectivity index (χ2v) is 3.97. The van der Waals surface area contributed by atoms with E-state index in [0.29, 0.717) is 6.54 Å². The van der Waals surface area contributed by atoms with Gasteiger partial charge >= 0.3 is 0 Å². The van der Waals surface area contributed by atoms with Crippen LogP contribution in [0, 0.1) is 11.3 Å². The van der Waals surface area contributed by atoms with Crippen LogP contribution < -0.4 is 0 Å². The predicted octanol–water partition coefficient (Wildman–Crippen LogP) is 2.80. The van der Waals surface area contributed by atoms with Gasteiger partial charge in [0.15, 0.2) is 0 Å². The average Bonchev–Trinajstić information content (AvgIpc) is 2.30. The molecule has 0 saturated heterocycles. The highest BCUT2D eigenvalue weighted by Gasteiger charge is 2.03. The summed E-state index contributed by atoms with van der Waals surface area (Å²) < 4.78 is 0. The first-order valence-corrected chi connectivity index (χ1v) is 5.33. The summed E-state index contributed by atoms with van der Waals surface area (Å²) in [7, 11) is 1.96. The largest absolute Gasteiger partial charge is 0.289 e. The van der Waals surface area contributed by atoms with E-state index in [-0.39, 0.29) is 0 Å². The van der Waals surface area contributed by atoms with Crippen molar-refractivity contribution >= 4 is 10.8 Å². The SMILES string of the molecule is CN(CC#N)Cc1cccc2ccccc12. The van der Waals surface area contributed by atoms with Crippen LogP contribution in [0.1, 0.15) is 5.56 Å². The van der Waals surface area contributed by atoms with Gasteiger partial charge in [-0.05, 0) is 23.4 Å². The molecule has 0 fully saturated rings. The zero-order chi connectivity index (χ0) is 11.4.